The number of hydrogen-bond acceptors (Lipinski definition) is 3. The molecule has 2 saturated carbocycles. The summed E-state index contributed by atoms with van der Waals surface area (Å²) in [5.74, 6) is 2.17. The lowest BCUT2D eigenvalue weighted by Gasteiger charge is -2.32. The highest BCUT2D eigenvalue weighted by molar-refractivity contribution is 7.71. The van der Waals surface area contributed by atoms with Gasteiger partial charge in [0.15, 0.2) is 4.77 Å². The molecule has 1 atom stereocenters. The van der Waals surface area contributed by atoms with Gasteiger partial charge in [0.05, 0.1) is 0 Å². The standard InChI is InChI=1S/C16H24N4OS/c1-16(2)9-12(16)14(21)19-7-5-10(6-8-19)13-17-18-15(22)20(13)11-3-4-11/h10-12H,3-9H2,1-2H3,(H,18,22)/t12-/m0/s1. The Morgan fingerprint density at radius 1 is 1.27 bits per heavy atom. The number of carbonyl (C=O) groups excluding carboxylic acids is 1. The van der Waals surface area contributed by atoms with E-state index in [1.165, 1.54) is 12.8 Å². The summed E-state index contributed by atoms with van der Waals surface area (Å²) >= 11 is 5.37. The number of aromatic nitrogens is 3. The molecule has 1 aromatic rings. The largest absolute Gasteiger partial charge is 0.342 e. The maximum Gasteiger partial charge on any atom is 0.226 e. The fraction of sp³-hybridized carbons (Fsp3) is 0.812. The maximum atomic E-state index is 12.5. The van der Waals surface area contributed by atoms with Crippen LogP contribution in [0.4, 0.5) is 0 Å². The normalized spacial score (nSPS) is 27.9. The summed E-state index contributed by atoms with van der Waals surface area (Å²) in [6.07, 6.45) is 5.49. The van der Waals surface area contributed by atoms with Crippen molar-refractivity contribution < 1.29 is 4.79 Å². The SMILES string of the molecule is CC1(C)C[C@H]1C(=O)N1CCC(c2n[nH]c(=S)n2C2CC2)CC1. The van der Waals surface area contributed by atoms with Crippen molar-refractivity contribution in [3.05, 3.63) is 10.6 Å². The highest BCUT2D eigenvalue weighted by atomic mass is 32.1. The Morgan fingerprint density at radius 2 is 1.91 bits per heavy atom. The molecule has 2 aliphatic carbocycles. The van der Waals surface area contributed by atoms with Crippen LogP contribution in [-0.2, 0) is 4.79 Å². The zero-order valence-electron chi connectivity index (χ0n) is 13.3. The fourth-order valence-corrected chi connectivity index (χ4v) is 4.05. The van der Waals surface area contributed by atoms with Crippen LogP contribution in [0.25, 0.3) is 0 Å². The van der Waals surface area contributed by atoms with E-state index in [0.29, 0.717) is 17.9 Å². The van der Waals surface area contributed by atoms with E-state index < -0.39 is 0 Å². The summed E-state index contributed by atoms with van der Waals surface area (Å²) in [7, 11) is 0. The van der Waals surface area contributed by atoms with E-state index in [-0.39, 0.29) is 11.3 Å². The van der Waals surface area contributed by atoms with Crippen LogP contribution < -0.4 is 0 Å². The first-order valence-electron chi connectivity index (χ1n) is 8.43. The first-order valence-corrected chi connectivity index (χ1v) is 8.84. The summed E-state index contributed by atoms with van der Waals surface area (Å²) in [6.45, 7) is 6.10. The number of rotatable bonds is 3. The Kier molecular flexibility index (Phi) is 3.22. The molecule has 0 unspecified atom stereocenters. The van der Waals surface area contributed by atoms with Gasteiger partial charge in [0.25, 0.3) is 0 Å². The fourth-order valence-electron chi connectivity index (χ4n) is 3.76. The molecule has 4 rings (SSSR count). The summed E-state index contributed by atoms with van der Waals surface area (Å²) in [4.78, 5) is 14.6. The van der Waals surface area contributed by atoms with E-state index in [1.54, 1.807) is 0 Å². The average molecular weight is 320 g/mol. The van der Waals surface area contributed by atoms with Gasteiger partial charge in [-0.15, -0.1) is 0 Å². The maximum absolute atomic E-state index is 12.5. The predicted molar refractivity (Wildman–Crippen MR) is 86.1 cm³/mol. The quantitative estimate of drug-likeness (QED) is 0.871. The third-order valence-electron chi connectivity index (χ3n) is 5.63. The molecule has 2 heterocycles. The van der Waals surface area contributed by atoms with Gasteiger partial charge >= 0.3 is 0 Å². The van der Waals surface area contributed by atoms with Gasteiger partial charge in [-0.05, 0) is 49.7 Å². The Balaban J connectivity index is 1.42. The van der Waals surface area contributed by atoms with Crippen molar-refractivity contribution in [1.82, 2.24) is 19.7 Å². The minimum atomic E-state index is 0.225. The number of likely N-dealkylation sites (tertiary alicyclic amines) is 1. The van der Waals surface area contributed by atoms with Crippen LogP contribution in [0, 0.1) is 16.1 Å². The third-order valence-corrected chi connectivity index (χ3v) is 5.92. The van der Waals surface area contributed by atoms with Gasteiger partial charge in [-0.3, -0.25) is 9.89 Å². The number of aromatic amines is 1. The number of nitrogens with zero attached hydrogens (tertiary/aromatic N) is 3. The van der Waals surface area contributed by atoms with Crippen molar-refractivity contribution in [2.45, 2.75) is 57.9 Å². The van der Waals surface area contributed by atoms with E-state index in [1.807, 2.05) is 0 Å². The van der Waals surface area contributed by atoms with Gasteiger partial charge in [-0.2, -0.15) is 5.10 Å². The van der Waals surface area contributed by atoms with Gasteiger partial charge in [-0.25, -0.2) is 0 Å². The minimum absolute atomic E-state index is 0.225. The van der Waals surface area contributed by atoms with Crippen molar-refractivity contribution in [1.29, 1.82) is 0 Å². The predicted octanol–water partition coefficient (Wildman–Crippen LogP) is 3.03. The number of piperidine rings is 1. The Labute approximate surface area is 136 Å². The molecule has 3 fully saturated rings. The summed E-state index contributed by atoms with van der Waals surface area (Å²) < 4.78 is 2.98. The highest BCUT2D eigenvalue weighted by Gasteiger charge is 2.52. The number of H-pyrrole nitrogens is 1. The molecule has 1 N–H and O–H groups in total. The lowest BCUT2D eigenvalue weighted by Crippen LogP contribution is -2.39. The first kappa shape index (κ1) is 14.4. The molecule has 5 nitrogen and oxygen atoms in total. The van der Waals surface area contributed by atoms with E-state index in [4.69, 9.17) is 12.2 Å². The Hall–Kier alpha value is -1.17. The molecule has 0 spiro atoms. The smallest absolute Gasteiger partial charge is 0.226 e. The van der Waals surface area contributed by atoms with E-state index in [0.717, 1.165) is 42.9 Å². The highest BCUT2D eigenvalue weighted by Crippen LogP contribution is 2.52. The molecule has 1 aliphatic heterocycles. The minimum Gasteiger partial charge on any atom is -0.342 e. The first-order chi connectivity index (χ1) is 10.5. The molecule has 1 amide bonds. The molecule has 0 bridgehead atoms. The van der Waals surface area contributed by atoms with E-state index in [9.17, 15) is 4.79 Å². The van der Waals surface area contributed by atoms with Crippen LogP contribution in [0.3, 0.4) is 0 Å². The summed E-state index contributed by atoms with van der Waals surface area (Å²) in [6, 6.07) is 0.563. The summed E-state index contributed by atoms with van der Waals surface area (Å²) in [5, 5.41) is 7.45. The zero-order valence-corrected chi connectivity index (χ0v) is 14.2. The number of carbonyl (C=O) groups is 1. The van der Waals surface area contributed by atoms with Crippen LogP contribution in [0.5, 0.6) is 0 Å². The average Bonchev–Trinajstić information content (AvgIpc) is 3.40. The molecular weight excluding hydrogens is 296 g/mol. The van der Waals surface area contributed by atoms with Crippen molar-refractivity contribution in [2.24, 2.45) is 11.3 Å². The second-order valence-corrected chi connectivity index (χ2v) is 8.22. The van der Waals surface area contributed by atoms with Gasteiger partial charge in [-0.1, -0.05) is 13.8 Å². The molecule has 0 aromatic carbocycles. The van der Waals surface area contributed by atoms with Crippen molar-refractivity contribution in [3.8, 4) is 0 Å². The topological polar surface area (TPSA) is 53.9 Å². The third kappa shape index (κ3) is 2.41. The second kappa shape index (κ2) is 4.91. The van der Waals surface area contributed by atoms with E-state index >= 15 is 0 Å². The molecule has 3 aliphatic rings. The van der Waals surface area contributed by atoms with Crippen LogP contribution in [-0.4, -0.2) is 38.7 Å². The summed E-state index contributed by atoms with van der Waals surface area (Å²) in [5.41, 5.74) is 0.225. The van der Waals surface area contributed by atoms with Gasteiger partial charge in [0.2, 0.25) is 5.91 Å². The number of amides is 1. The molecule has 120 valence electrons. The van der Waals surface area contributed by atoms with Crippen LogP contribution >= 0.6 is 12.2 Å². The van der Waals surface area contributed by atoms with Crippen LogP contribution in [0.1, 0.15) is 63.7 Å². The lowest BCUT2D eigenvalue weighted by atomic mass is 9.95. The molecule has 1 aromatic heterocycles. The monoisotopic (exact) mass is 320 g/mol. The zero-order chi connectivity index (χ0) is 15.5. The van der Waals surface area contributed by atoms with Crippen molar-refractivity contribution in [2.75, 3.05) is 13.1 Å². The van der Waals surface area contributed by atoms with Crippen molar-refractivity contribution >= 4 is 18.1 Å². The molecule has 0 radical (unpaired) electrons. The van der Waals surface area contributed by atoms with Gasteiger partial charge in [0.1, 0.15) is 5.82 Å². The molecule has 22 heavy (non-hydrogen) atoms. The number of hydrogen-bond donors (Lipinski definition) is 1. The molecular formula is C16H24N4OS. The molecule has 1 saturated heterocycles. The van der Waals surface area contributed by atoms with Gasteiger partial charge < -0.3 is 9.47 Å². The van der Waals surface area contributed by atoms with E-state index in [2.05, 4.69) is 33.5 Å². The van der Waals surface area contributed by atoms with Gasteiger partial charge in [0, 0.05) is 31.0 Å². The van der Waals surface area contributed by atoms with Crippen LogP contribution in [0.2, 0.25) is 0 Å². The molecule has 6 heteroatoms. The Bertz CT molecular complexity index is 649. The Morgan fingerprint density at radius 3 is 2.45 bits per heavy atom. The van der Waals surface area contributed by atoms with Crippen molar-refractivity contribution in [3.63, 3.8) is 0 Å². The van der Waals surface area contributed by atoms with Crippen LogP contribution in [0.15, 0.2) is 0 Å². The number of nitrogens with one attached hydrogen (secondary N) is 1. The lowest BCUT2D eigenvalue weighted by molar-refractivity contribution is -0.134. The second-order valence-electron chi connectivity index (χ2n) is 7.83.